The molecule has 0 aromatic rings. The number of hydrogen-bond donors (Lipinski definition) is 8. The molecule has 14 heteroatoms. The highest BCUT2D eigenvalue weighted by Crippen LogP contribution is 2.41. The van der Waals surface area contributed by atoms with Gasteiger partial charge in [0.15, 0.2) is 0 Å². The first-order valence-electron chi connectivity index (χ1n) is 24.5. The Morgan fingerprint density at radius 2 is 1.08 bits per heavy atom. The van der Waals surface area contributed by atoms with Crippen molar-refractivity contribution in [2.45, 2.75) is 212 Å². The maximum Gasteiger partial charge on any atom is 0.221 e. The van der Waals surface area contributed by atoms with Gasteiger partial charge >= 0.3 is 0 Å². The summed E-state index contributed by atoms with van der Waals surface area (Å²) in [7, 11) is 0. The van der Waals surface area contributed by atoms with Crippen molar-refractivity contribution in [3.8, 4) is 0 Å². The third kappa shape index (κ3) is 17.6. The second-order valence-electron chi connectivity index (χ2n) is 21.4. The summed E-state index contributed by atoms with van der Waals surface area (Å²) in [5, 5.41) is 12.6. The van der Waals surface area contributed by atoms with Crippen LogP contribution in [0.15, 0.2) is 0 Å². The monoisotopic (exact) mass is 877 g/mol. The molecule has 8 atom stereocenters. The maximum absolute atomic E-state index is 13.6. The zero-order chi connectivity index (χ0) is 47.0. The fourth-order valence-corrected chi connectivity index (χ4v) is 10.2. The first-order chi connectivity index (χ1) is 28.8. The van der Waals surface area contributed by atoms with Gasteiger partial charge in [0, 0.05) is 111 Å². The van der Waals surface area contributed by atoms with Crippen molar-refractivity contribution in [2.24, 2.45) is 40.7 Å². The van der Waals surface area contributed by atoms with E-state index in [4.69, 9.17) is 22.9 Å². The molecule has 2 fully saturated rings. The van der Waals surface area contributed by atoms with E-state index in [1.165, 1.54) is 0 Å². The van der Waals surface area contributed by atoms with Crippen LogP contribution in [0.4, 0.5) is 0 Å². The minimum Gasteiger partial charge on any atom is -0.356 e. The summed E-state index contributed by atoms with van der Waals surface area (Å²) < 4.78 is 0. The van der Waals surface area contributed by atoms with E-state index in [1.807, 2.05) is 27.7 Å². The molecule has 0 spiro atoms. The predicted octanol–water partition coefficient (Wildman–Crippen LogP) is 4.66. The first kappa shape index (κ1) is 55.8. The van der Waals surface area contributed by atoms with Crippen LogP contribution >= 0.6 is 0 Å². The molecule has 0 bridgehead atoms. The SMILES string of the molecule is CCCC(CC)(CCC(CCC)(C(C)C)N1CCC(=O)NCCC(C)(N)CC(C)C(C)(N)CNC(=O)CC1)N1CCC(=O)NCCC(C)(N)C(C)CCC(C)(N)CNC(=O)CC1. The molecule has 2 aliphatic rings. The number of hydrogen-bond acceptors (Lipinski definition) is 10. The molecule has 0 aromatic heterocycles. The Balaban J connectivity index is 2.54. The lowest BCUT2D eigenvalue weighted by Gasteiger charge is -2.51. The quantitative estimate of drug-likeness (QED) is 0.143. The van der Waals surface area contributed by atoms with E-state index in [0.717, 1.165) is 57.8 Å². The summed E-state index contributed by atoms with van der Waals surface area (Å²) in [6.07, 6.45) is 10.9. The van der Waals surface area contributed by atoms with Gasteiger partial charge < -0.3 is 44.2 Å². The Morgan fingerprint density at radius 3 is 1.58 bits per heavy atom. The van der Waals surface area contributed by atoms with Crippen molar-refractivity contribution in [1.29, 1.82) is 0 Å². The minimum absolute atomic E-state index is 0.0139. The predicted molar refractivity (Wildman–Crippen MR) is 255 cm³/mol. The first-order valence-corrected chi connectivity index (χ1v) is 24.5. The molecule has 14 nitrogen and oxygen atoms in total. The summed E-state index contributed by atoms with van der Waals surface area (Å²) in [5.41, 5.74) is 24.2. The van der Waals surface area contributed by atoms with E-state index in [1.54, 1.807) is 0 Å². The second kappa shape index (κ2) is 24.8. The average molecular weight is 877 g/mol. The van der Waals surface area contributed by atoms with E-state index < -0.39 is 22.2 Å². The van der Waals surface area contributed by atoms with Gasteiger partial charge in [0.2, 0.25) is 23.6 Å². The minimum atomic E-state index is -0.653. The lowest BCUT2D eigenvalue weighted by atomic mass is 9.72. The van der Waals surface area contributed by atoms with Crippen LogP contribution in [0.1, 0.15) is 179 Å². The van der Waals surface area contributed by atoms with Crippen molar-refractivity contribution in [1.82, 2.24) is 31.1 Å². The zero-order valence-corrected chi connectivity index (χ0v) is 41.5. The fourth-order valence-electron chi connectivity index (χ4n) is 10.2. The van der Waals surface area contributed by atoms with E-state index in [9.17, 15) is 19.2 Å². The standard InChI is InChI=1S/C48H96N10O4/c1-12-20-47(14-3,57-29-16-39(59)54-28-26-45(10,51)37(6)15-22-44(9,50)34-55-41(61)17-30-57)23-24-48(21-13-2,36(4)5)58-31-18-40(60)53-27-25-43(8,49)33-38(7)46(11,52)35-56-42(62)19-32-58/h36-38H,12-35,49-52H2,1-11H3,(H,53,60)(H,54,59)(H,55,61)(H,56,62). The van der Waals surface area contributed by atoms with Gasteiger partial charge in [0.1, 0.15) is 0 Å². The molecule has 4 amide bonds. The van der Waals surface area contributed by atoms with Crippen LogP contribution in [-0.4, -0.2) is 119 Å². The Bertz CT molecular complexity index is 1400. The van der Waals surface area contributed by atoms with E-state index in [-0.39, 0.29) is 58.9 Å². The van der Waals surface area contributed by atoms with Crippen molar-refractivity contribution < 1.29 is 19.2 Å². The molecule has 0 aliphatic carbocycles. The highest BCUT2D eigenvalue weighted by Gasteiger charge is 2.44. The second-order valence-corrected chi connectivity index (χ2v) is 21.4. The van der Waals surface area contributed by atoms with Gasteiger partial charge in [-0.3, -0.25) is 29.0 Å². The Hall–Kier alpha value is -2.36. The molecule has 2 saturated heterocycles. The lowest BCUT2D eigenvalue weighted by molar-refractivity contribution is -0.125. The third-order valence-corrected chi connectivity index (χ3v) is 15.4. The lowest BCUT2D eigenvalue weighted by Crippen LogP contribution is -2.58. The van der Waals surface area contributed by atoms with Crippen LogP contribution in [0.25, 0.3) is 0 Å². The van der Waals surface area contributed by atoms with E-state index >= 15 is 0 Å². The molecular formula is C48H96N10O4. The van der Waals surface area contributed by atoms with Crippen LogP contribution in [0.2, 0.25) is 0 Å². The molecule has 8 unspecified atom stereocenters. The van der Waals surface area contributed by atoms with Crippen LogP contribution in [0.3, 0.4) is 0 Å². The molecule has 0 aromatic carbocycles. The Morgan fingerprint density at radius 1 is 0.597 bits per heavy atom. The molecule has 0 saturated carbocycles. The largest absolute Gasteiger partial charge is 0.356 e. The normalized spacial score (nSPS) is 33.3. The Labute approximate surface area is 378 Å². The van der Waals surface area contributed by atoms with Gasteiger partial charge in [-0.1, -0.05) is 61.3 Å². The number of carbonyl (C=O) groups is 4. The van der Waals surface area contributed by atoms with Crippen LogP contribution in [-0.2, 0) is 19.2 Å². The van der Waals surface area contributed by atoms with Gasteiger partial charge in [-0.15, -0.1) is 0 Å². The van der Waals surface area contributed by atoms with Gasteiger partial charge in [-0.2, -0.15) is 0 Å². The van der Waals surface area contributed by atoms with Crippen LogP contribution < -0.4 is 44.2 Å². The smallest absolute Gasteiger partial charge is 0.221 e. The fraction of sp³-hybridized carbons (Fsp3) is 0.917. The molecule has 62 heavy (non-hydrogen) atoms. The average Bonchev–Trinajstić information content (AvgIpc) is 3.18. The van der Waals surface area contributed by atoms with Crippen molar-refractivity contribution >= 4 is 23.6 Å². The van der Waals surface area contributed by atoms with E-state index in [0.29, 0.717) is 90.9 Å². The van der Waals surface area contributed by atoms with Gasteiger partial charge in [0.05, 0.1) is 0 Å². The number of rotatable bonds is 11. The molecule has 12 N–H and O–H groups in total. The van der Waals surface area contributed by atoms with Gasteiger partial charge in [0.25, 0.3) is 0 Å². The van der Waals surface area contributed by atoms with Crippen molar-refractivity contribution in [3.05, 3.63) is 0 Å². The summed E-state index contributed by atoms with van der Waals surface area (Å²) >= 11 is 0. The number of nitrogens with one attached hydrogen (secondary N) is 4. The van der Waals surface area contributed by atoms with Crippen LogP contribution in [0.5, 0.6) is 0 Å². The summed E-state index contributed by atoms with van der Waals surface area (Å²) in [5.74, 6) is 0.291. The highest BCUT2D eigenvalue weighted by atomic mass is 16.2. The van der Waals surface area contributed by atoms with Crippen molar-refractivity contribution in [3.63, 3.8) is 0 Å². The zero-order valence-electron chi connectivity index (χ0n) is 41.5. The van der Waals surface area contributed by atoms with Gasteiger partial charge in [-0.05, 0) is 110 Å². The summed E-state index contributed by atoms with van der Waals surface area (Å²) in [4.78, 5) is 59.0. The molecule has 2 heterocycles. The Kier molecular flexibility index (Phi) is 22.3. The summed E-state index contributed by atoms with van der Waals surface area (Å²) in [6.45, 7) is 27.2. The van der Waals surface area contributed by atoms with E-state index in [2.05, 4.69) is 79.5 Å². The third-order valence-electron chi connectivity index (χ3n) is 15.4. The maximum atomic E-state index is 13.6. The van der Waals surface area contributed by atoms with Gasteiger partial charge in [-0.25, -0.2) is 0 Å². The molecular weight excluding hydrogens is 781 g/mol. The highest BCUT2D eigenvalue weighted by molar-refractivity contribution is 5.77. The topological polar surface area (TPSA) is 227 Å². The molecule has 362 valence electrons. The molecule has 2 rings (SSSR count). The number of nitrogens with two attached hydrogens (primary N) is 4. The number of carbonyl (C=O) groups excluding carboxylic acids is 4. The van der Waals surface area contributed by atoms with Crippen LogP contribution in [0, 0.1) is 17.8 Å². The molecule has 2 aliphatic heterocycles. The number of amides is 4. The number of nitrogens with zero attached hydrogens (tertiary/aromatic N) is 2. The summed E-state index contributed by atoms with van der Waals surface area (Å²) in [6, 6.07) is 0. The van der Waals surface area contributed by atoms with Crippen molar-refractivity contribution in [2.75, 3.05) is 52.4 Å². The molecule has 0 radical (unpaired) electrons.